The molecule has 3 aromatic rings. The Balaban J connectivity index is 1.90. The Labute approximate surface area is 176 Å². The van der Waals surface area contributed by atoms with Crippen molar-refractivity contribution in [3.63, 3.8) is 0 Å². The first-order valence-electron chi connectivity index (χ1n) is 9.66. The number of carboxylic acids is 1. The number of allylic oxidation sites excluding steroid dienone is 1. The van der Waals surface area contributed by atoms with Crippen molar-refractivity contribution in [2.24, 2.45) is 0 Å². The number of fused-ring (bicyclic) bond motifs is 5. The van der Waals surface area contributed by atoms with Crippen molar-refractivity contribution in [3.8, 4) is 0 Å². The van der Waals surface area contributed by atoms with E-state index in [1.165, 1.54) is 12.1 Å². The second kappa shape index (κ2) is 8.06. The Morgan fingerprint density at radius 3 is 2.65 bits per heavy atom. The summed E-state index contributed by atoms with van der Waals surface area (Å²) < 4.78 is 15.2. The van der Waals surface area contributed by atoms with Gasteiger partial charge in [-0.1, -0.05) is 36.4 Å². The summed E-state index contributed by atoms with van der Waals surface area (Å²) in [6, 6.07) is 9.78. The van der Waals surface area contributed by atoms with Gasteiger partial charge in [-0.2, -0.15) is 0 Å². The van der Waals surface area contributed by atoms with Crippen LogP contribution >= 0.6 is 0 Å². The molecule has 1 aliphatic rings. The van der Waals surface area contributed by atoms with E-state index in [-0.39, 0.29) is 19.3 Å². The highest BCUT2D eigenvalue weighted by Crippen LogP contribution is 2.28. The van der Waals surface area contributed by atoms with Crippen LogP contribution in [0.4, 0.5) is 9.18 Å². The van der Waals surface area contributed by atoms with Gasteiger partial charge in [-0.15, -0.1) is 0 Å². The molecule has 4 rings (SSSR count). The lowest BCUT2D eigenvalue weighted by Crippen LogP contribution is -2.43. The Kier molecular flexibility index (Phi) is 5.29. The molecule has 0 spiro atoms. The molecule has 0 aliphatic carbocycles. The lowest BCUT2D eigenvalue weighted by Gasteiger charge is -2.15. The van der Waals surface area contributed by atoms with Gasteiger partial charge in [0.05, 0.1) is 11.9 Å². The molecular formula is C23H19FN2O5. The average molecular weight is 422 g/mol. The highest BCUT2D eigenvalue weighted by molar-refractivity contribution is 5.96. The molecule has 3 N–H and O–H groups in total. The number of carbonyl (C=O) groups is 3. The zero-order valence-electron chi connectivity index (χ0n) is 16.3. The van der Waals surface area contributed by atoms with Gasteiger partial charge in [0.1, 0.15) is 11.9 Å². The molecule has 31 heavy (non-hydrogen) atoms. The van der Waals surface area contributed by atoms with Crippen LogP contribution in [0.1, 0.15) is 22.4 Å². The molecule has 1 aromatic heterocycles. The maximum Gasteiger partial charge on any atom is 0.416 e. The van der Waals surface area contributed by atoms with Crippen LogP contribution in [0.2, 0.25) is 0 Å². The van der Waals surface area contributed by atoms with Crippen molar-refractivity contribution in [3.05, 3.63) is 76.7 Å². The van der Waals surface area contributed by atoms with Crippen LogP contribution in [0.15, 0.2) is 48.5 Å². The standard InChI is InChI=1S/C23H19FN2O5/c24-15-9-13-4-3-7-20-17(16-5-1-2-6-19(16)26(20)23(30)31)12-21(27)25-18(22(28)29)11-14(8-13)10-15/h1-6,8-10,18H,7,11-12H2,(H,25,27)(H,28,29)(H,30,31)/b4-3-/t18-/m0/s1. The topological polar surface area (TPSA) is 109 Å². The molecule has 1 amide bonds. The van der Waals surface area contributed by atoms with Crippen molar-refractivity contribution < 1.29 is 29.0 Å². The fourth-order valence-electron chi connectivity index (χ4n) is 4.03. The first-order chi connectivity index (χ1) is 14.8. The number of amides is 1. The Hall–Kier alpha value is -3.94. The van der Waals surface area contributed by atoms with Crippen molar-refractivity contribution in [2.75, 3.05) is 0 Å². The molecule has 1 atom stereocenters. The predicted octanol–water partition coefficient (Wildman–Crippen LogP) is 3.23. The second-order valence-electron chi connectivity index (χ2n) is 7.40. The predicted molar refractivity (Wildman–Crippen MR) is 111 cm³/mol. The van der Waals surface area contributed by atoms with Crippen molar-refractivity contribution in [1.82, 2.24) is 9.88 Å². The molecule has 8 heteroatoms. The smallest absolute Gasteiger partial charge is 0.416 e. The summed E-state index contributed by atoms with van der Waals surface area (Å²) in [4.78, 5) is 36.5. The van der Waals surface area contributed by atoms with Gasteiger partial charge < -0.3 is 15.5 Å². The lowest BCUT2D eigenvalue weighted by atomic mass is 10.0. The van der Waals surface area contributed by atoms with Crippen LogP contribution in [-0.2, 0) is 28.9 Å². The quantitative estimate of drug-likeness (QED) is 0.558. The fourth-order valence-corrected chi connectivity index (χ4v) is 4.03. The van der Waals surface area contributed by atoms with E-state index in [0.29, 0.717) is 33.3 Å². The molecule has 2 aromatic carbocycles. The number of halogens is 1. The molecule has 0 saturated carbocycles. The minimum Gasteiger partial charge on any atom is -0.480 e. The van der Waals surface area contributed by atoms with Crippen LogP contribution in [0.5, 0.6) is 0 Å². The first-order valence-corrected chi connectivity index (χ1v) is 9.66. The molecule has 7 nitrogen and oxygen atoms in total. The van der Waals surface area contributed by atoms with Gasteiger partial charge in [-0.3, -0.25) is 4.79 Å². The minimum atomic E-state index is -1.25. The Bertz CT molecular complexity index is 1240. The van der Waals surface area contributed by atoms with Crippen LogP contribution in [0, 0.1) is 5.82 Å². The van der Waals surface area contributed by atoms with Crippen LogP contribution in [0.3, 0.4) is 0 Å². The molecule has 2 heterocycles. The number of hydrogen-bond acceptors (Lipinski definition) is 3. The van der Waals surface area contributed by atoms with Crippen molar-refractivity contribution in [2.45, 2.75) is 25.3 Å². The van der Waals surface area contributed by atoms with Crippen LogP contribution in [-0.4, -0.2) is 38.8 Å². The number of aliphatic carboxylic acids is 1. The molecule has 0 saturated heterocycles. The highest BCUT2D eigenvalue weighted by atomic mass is 19.1. The van der Waals surface area contributed by atoms with E-state index < -0.39 is 29.8 Å². The van der Waals surface area contributed by atoms with E-state index >= 15 is 0 Å². The number of carbonyl (C=O) groups excluding carboxylic acids is 1. The molecular weight excluding hydrogens is 403 g/mol. The maximum absolute atomic E-state index is 14.1. The van der Waals surface area contributed by atoms with Gasteiger partial charge in [0.25, 0.3) is 0 Å². The number of nitrogens with zero attached hydrogens (tertiary/aromatic N) is 1. The summed E-state index contributed by atoms with van der Waals surface area (Å²) in [5.41, 5.74) is 2.31. The Morgan fingerprint density at radius 2 is 1.90 bits per heavy atom. The molecule has 0 unspecified atom stereocenters. The zero-order chi connectivity index (χ0) is 22.1. The molecule has 158 valence electrons. The van der Waals surface area contributed by atoms with Gasteiger partial charge in [0, 0.05) is 23.9 Å². The third kappa shape index (κ3) is 4.05. The summed E-state index contributed by atoms with van der Waals surface area (Å²) in [5, 5.41) is 22.5. The SMILES string of the molecule is O=C1Cc2c(n(C(=O)O)c3ccccc23)C/C=C\c2cc(F)cc(c2)C[C@@H](C(=O)O)N1. The highest BCUT2D eigenvalue weighted by Gasteiger charge is 2.25. The number of benzene rings is 2. The van der Waals surface area contributed by atoms with E-state index in [0.717, 1.165) is 4.57 Å². The van der Waals surface area contributed by atoms with Gasteiger partial charge in [0.2, 0.25) is 5.91 Å². The van der Waals surface area contributed by atoms with Gasteiger partial charge in [-0.05, 0) is 34.9 Å². The van der Waals surface area contributed by atoms with Crippen LogP contribution < -0.4 is 5.32 Å². The largest absolute Gasteiger partial charge is 0.480 e. The molecule has 0 fully saturated rings. The number of aromatic nitrogens is 1. The van der Waals surface area contributed by atoms with Crippen LogP contribution in [0.25, 0.3) is 17.0 Å². The summed E-state index contributed by atoms with van der Waals surface area (Å²) in [5.74, 6) is -2.32. The van der Waals surface area contributed by atoms with Crippen molar-refractivity contribution in [1.29, 1.82) is 0 Å². The first kappa shape index (κ1) is 20.3. The minimum absolute atomic E-state index is 0.0799. The number of para-hydroxylation sites is 1. The monoisotopic (exact) mass is 422 g/mol. The Morgan fingerprint density at radius 1 is 1.13 bits per heavy atom. The zero-order valence-corrected chi connectivity index (χ0v) is 16.3. The summed E-state index contributed by atoms with van der Waals surface area (Å²) in [6.07, 6.45) is 2.11. The summed E-state index contributed by atoms with van der Waals surface area (Å²) in [6.45, 7) is 0. The molecule has 2 bridgehead atoms. The number of hydrogen-bond donors (Lipinski definition) is 3. The van der Waals surface area contributed by atoms with Gasteiger partial charge in [0.15, 0.2) is 0 Å². The normalized spacial score (nSPS) is 17.6. The van der Waals surface area contributed by atoms with Crippen molar-refractivity contribution >= 4 is 34.9 Å². The average Bonchev–Trinajstić information content (AvgIpc) is 3.00. The molecule has 1 aliphatic heterocycles. The summed E-state index contributed by atoms with van der Waals surface area (Å²) >= 11 is 0. The number of nitrogens with one attached hydrogen (secondary N) is 1. The lowest BCUT2D eigenvalue weighted by molar-refractivity contribution is -0.141. The van der Waals surface area contributed by atoms with Gasteiger partial charge >= 0.3 is 12.1 Å². The van der Waals surface area contributed by atoms with E-state index in [1.54, 1.807) is 42.5 Å². The number of rotatable bonds is 1. The third-order valence-electron chi connectivity index (χ3n) is 5.29. The maximum atomic E-state index is 14.1. The van der Waals surface area contributed by atoms with E-state index in [2.05, 4.69) is 5.32 Å². The fraction of sp³-hybridized carbons (Fsp3) is 0.174. The number of carboxylic acid groups (broad SMARTS) is 2. The summed E-state index contributed by atoms with van der Waals surface area (Å²) in [7, 11) is 0. The van der Waals surface area contributed by atoms with Gasteiger partial charge in [-0.25, -0.2) is 18.5 Å². The van der Waals surface area contributed by atoms with E-state index in [1.807, 2.05) is 0 Å². The third-order valence-corrected chi connectivity index (χ3v) is 5.29. The second-order valence-corrected chi connectivity index (χ2v) is 7.40. The van der Waals surface area contributed by atoms with E-state index in [9.17, 15) is 29.0 Å². The molecule has 0 radical (unpaired) electrons. The van der Waals surface area contributed by atoms with E-state index in [4.69, 9.17) is 0 Å².